The quantitative estimate of drug-likeness (QED) is 0.835. The summed E-state index contributed by atoms with van der Waals surface area (Å²) >= 11 is 3.36. The number of halogens is 1. The number of fused-ring (bicyclic) bond motifs is 1. The van der Waals surface area contributed by atoms with Crippen LogP contribution in [-0.2, 0) is 11.3 Å². The standard InChI is InChI=1S/C17H22BrN3O4/c1-11-13(10-20(7-8-22)16(24)25-17(2,3)4)19-14-9-12(18)5-6-21(14)15(11)23/h5-6,9,22H,7-8,10H2,1-4H3. The van der Waals surface area contributed by atoms with E-state index in [1.165, 1.54) is 9.30 Å². The minimum atomic E-state index is -0.652. The number of hydrogen-bond acceptors (Lipinski definition) is 5. The molecule has 0 spiro atoms. The first-order chi connectivity index (χ1) is 11.6. The lowest BCUT2D eigenvalue weighted by Gasteiger charge is -2.27. The van der Waals surface area contributed by atoms with E-state index in [9.17, 15) is 14.7 Å². The van der Waals surface area contributed by atoms with Crippen molar-refractivity contribution in [2.45, 2.75) is 39.8 Å². The Morgan fingerprint density at radius 3 is 2.72 bits per heavy atom. The van der Waals surface area contributed by atoms with Gasteiger partial charge in [0, 0.05) is 22.8 Å². The number of aromatic nitrogens is 2. The van der Waals surface area contributed by atoms with Crippen molar-refractivity contribution in [3.63, 3.8) is 0 Å². The highest BCUT2D eigenvalue weighted by Crippen LogP contribution is 2.15. The van der Waals surface area contributed by atoms with Gasteiger partial charge in [0.2, 0.25) is 0 Å². The number of carbonyl (C=O) groups excluding carboxylic acids is 1. The van der Waals surface area contributed by atoms with Crippen LogP contribution in [0.1, 0.15) is 32.0 Å². The van der Waals surface area contributed by atoms with Crippen molar-refractivity contribution in [1.29, 1.82) is 0 Å². The predicted molar refractivity (Wildman–Crippen MR) is 97.6 cm³/mol. The molecule has 0 saturated carbocycles. The summed E-state index contributed by atoms with van der Waals surface area (Å²) in [6, 6.07) is 3.49. The van der Waals surface area contributed by atoms with Crippen LogP contribution >= 0.6 is 15.9 Å². The summed E-state index contributed by atoms with van der Waals surface area (Å²) in [6.07, 6.45) is 1.09. The van der Waals surface area contributed by atoms with Gasteiger partial charge in [-0.25, -0.2) is 9.78 Å². The second-order valence-electron chi connectivity index (χ2n) is 6.69. The number of ether oxygens (including phenoxy) is 1. The molecule has 2 rings (SSSR count). The van der Waals surface area contributed by atoms with Gasteiger partial charge in [-0.15, -0.1) is 0 Å². The first-order valence-electron chi connectivity index (χ1n) is 7.88. The first kappa shape index (κ1) is 19.4. The van der Waals surface area contributed by atoms with Gasteiger partial charge in [0.05, 0.1) is 18.8 Å². The zero-order valence-corrected chi connectivity index (χ0v) is 16.3. The van der Waals surface area contributed by atoms with Gasteiger partial charge in [-0.2, -0.15) is 0 Å². The lowest BCUT2D eigenvalue weighted by Crippen LogP contribution is -2.39. The van der Waals surface area contributed by atoms with Crippen LogP contribution in [0.2, 0.25) is 0 Å². The van der Waals surface area contributed by atoms with E-state index in [2.05, 4.69) is 20.9 Å². The van der Waals surface area contributed by atoms with E-state index >= 15 is 0 Å². The van der Waals surface area contributed by atoms with E-state index in [-0.39, 0.29) is 25.3 Å². The van der Waals surface area contributed by atoms with Crippen LogP contribution < -0.4 is 5.56 Å². The maximum absolute atomic E-state index is 12.5. The van der Waals surface area contributed by atoms with Crippen LogP contribution in [0, 0.1) is 6.92 Å². The molecular weight excluding hydrogens is 390 g/mol. The van der Waals surface area contributed by atoms with E-state index < -0.39 is 11.7 Å². The smallest absolute Gasteiger partial charge is 0.410 e. The van der Waals surface area contributed by atoms with Crippen LogP contribution in [0.5, 0.6) is 0 Å². The monoisotopic (exact) mass is 411 g/mol. The molecule has 1 N–H and O–H groups in total. The minimum absolute atomic E-state index is 0.0829. The van der Waals surface area contributed by atoms with Crippen molar-refractivity contribution >= 4 is 27.7 Å². The molecule has 25 heavy (non-hydrogen) atoms. The van der Waals surface area contributed by atoms with Gasteiger partial charge in [-0.05, 0) is 39.8 Å². The third-order valence-electron chi connectivity index (χ3n) is 3.48. The Labute approximate surface area is 154 Å². The predicted octanol–water partition coefficient (Wildman–Crippen LogP) is 2.49. The van der Waals surface area contributed by atoms with Crippen LogP contribution in [0.25, 0.3) is 5.65 Å². The molecule has 2 aromatic heterocycles. The molecule has 0 aliphatic carbocycles. The Hall–Kier alpha value is -1.93. The molecule has 2 aromatic rings. The van der Waals surface area contributed by atoms with E-state index in [1.807, 2.05) is 0 Å². The maximum Gasteiger partial charge on any atom is 0.410 e. The SMILES string of the molecule is Cc1c(CN(CCO)C(=O)OC(C)(C)C)nc2cc(Br)ccn2c1=O. The third kappa shape index (κ3) is 4.79. The average Bonchev–Trinajstić information content (AvgIpc) is 2.49. The van der Waals surface area contributed by atoms with Crippen molar-refractivity contribution in [3.05, 3.63) is 44.4 Å². The van der Waals surface area contributed by atoms with Crippen LogP contribution in [0.3, 0.4) is 0 Å². The number of pyridine rings is 1. The summed E-state index contributed by atoms with van der Waals surface area (Å²) in [6.45, 7) is 6.94. The van der Waals surface area contributed by atoms with Crippen LogP contribution in [0.15, 0.2) is 27.6 Å². The maximum atomic E-state index is 12.5. The van der Waals surface area contributed by atoms with Crippen LogP contribution in [-0.4, -0.2) is 44.2 Å². The zero-order chi connectivity index (χ0) is 18.8. The van der Waals surface area contributed by atoms with Gasteiger partial charge in [-0.1, -0.05) is 15.9 Å². The molecule has 0 bridgehead atoms. The largest absolute Gasteiger partial charge is 0.444 e. The van der Waals surface area contributed by atoms with Crippen molar-refractivity contribution < 1.29 is 14.6 Å². The summed E-state index contributed by atoms with van der Waals surface area (Å²) in [5.74, 6) is 0. The Morgan fingerprint density at radius 1 is 1.44 bits per heavy atom. The van der Waals surface area contributed by atoms with E-state index in [0.29, 0.717) is 16.9 Å². The van der Waals surface area contributed by atoms with Crippen molar-refractivity contribution in [1.82, 2.24) is 14.3 Å². The molecular formula is C17H22BrN3O4. The minimum Gasteiger partial charge on any atom is -0.444 e. The summed E-state index contributed by atoms with van der Waals surface area (Å²) in [5, 5.41) is 9.25. The average molecular weight is 412 g/mol. The van der Waals surface area contributed by atoms with Gasteiger partial charge in [-0.3, -0.25) is 14.1 Å². The highest BCUT2D eigenvalue weighted by Gasteiger charge is 2.23. The molecule has 0 unspecified atom stereocenters. The molecule has 0 radical (unpaired) electrons. The van der Waals surface area contributed by atoms with Crippen LogP contribution in [0.4, 0.5) is 4.79 Å². The third-order valence-corrected chi connectivity index (χ3v) is 3.97. The highest BCUT2D eigenvalue weighted by molar-refractivity contribution is 9.10. The number of carbonyl (C=O) groups is 1. The highest BCUT2D eigenvalue weighted by atomic mass is 79.9. The Morgan fingerprint density at radius 2 is 2.12 bits per heavy atom. The van der Waals surface area contributed by atoms with Gasteiger partial charge < -0.3 is 9.84 Å². The lowest BCUT2D eigenvalue weighted by atomic mass is 10.2. The number of amides is 1. The number of rotatable bonds is 4. The fourth-order valence-corrected chi connectivity index (χ4v) is 2.59. The molecule has 0 saturated heterocycles. The summed E-state index contributed by atoms with van der Waals surface area (Å²) in [4.78, 5) is 30.7. The molecule has 8 heteroatoms. The molecule has 7 nitrogen and oxygen atoms in total. The fourth-order valence-electron chi connectivity index (χ4n) is 2.26. The van der Waals surface area contributed by atoms with Crippen molar-refractivity contribution in [2.75, 3.05) is 13.2 Å². The molecule has 0 fully saturated rings. The second-order valence-corrected chi connectivity index (χ2v) is 7.60. The van der Waals surface area contributed by atoms with Gasteiger partial charge >= 0.3 is 6.09 Å². The van der Waals surface area contributed by atoms with E-state index in [0.717, 1.165) is 4.47 Å². The second kappa shape index (κ2) is 7.53. The molecule has 136 valence electrons. The van der Waals surface area contributed by atoms with Gasteiger partial charge in [0.1, 0.15) is 11.2 Å². The fraction of sp³-hybridized carbons (Fsp3) is 0.471. The number of hydrogen-bond donors (Lipinski definition) is 1. The summed E-state index contributed by atoms with van der Waals surface area (Å²) in [5.41, 5.74) is 0.559. The van der Waals surface area contributed by atoms with Crippen molar-refractivity contribution in [2.24, 2.45) is 0 Å². The topological polar surface area (TPSA) is 84.1 Å². The van der Waals surface area contributed by atoms with E-state index in [1.54, 1.807) is 46.0 Å². The molecule has 0 aliphatic rings. The summed E-state index contributed by atoms with van der Waals surface area (Å²) < 4.78 is 7.61. The number of aliphatic hydroxyl groups is 1. The molecule has 2 heterocycles. The molecule has 1 amide bonds. The number of aliphatic hydroxyl groups excluding tert-OH is 1. The Bertz CT molecular complexity index is 842. The van der Waals surface area contributed by atoms with Gasteiger partial charge in [0.15, 0.2) is 0 Å². The molecule has 0 aliphatic heterocycles. The first-order valence-corrected chi connectivity index (χ1v) is 8.68. The van der Waals surface area contributed by atoms with Crippen molar-refractivity contribution in [3.8, 4) is 0 Å². The Balaban J connectivity index is 2.40. The Kier molecular flexibility index (Phi) is 5.84. The molecule has 0 atom stereocenters. The lowest BCUT2D eigenvalue weighted by molar-refractivity contribution is 0.0199. The zero-order valence-electron chi connectivity index (χ0n) is 14.7. The normalized spacial score (nSPS) is 11.6. The van der Waals surface area contributed by atoms with E-state index in [4.69, 9.17) is 4.74 Å². The van der Waals surface area contributed by atoms with Gasteiger partial charge in [0.25, 0.3) is 5.56 Å². The number of nitrogens with zero attached hydrogens (tertiary/aromatic N) is 3. The molecule has 0 aromatic carbocycles. The summed E-state index contributed by atoms with van der Waals surface area (Å²) in [7, 11) is 0.